The summed E-state index contributed by atoms with van der Waals surface area (Å²) in [6.45, 7) is 8.40. The Kier molecular flexibility index (Phi) is 5.02. The molecule has 2 aliphatic rings. The number of ether oxygens (including phenoxy) is 1. The minimum absolute atomic E-state index is 0.113. The first-order chi connectivity index (χ1) is 11.0. The molecular formula is C17H28N4O2. The Labute approximate surface area is 138 Å². The van der Waals surface area contributed by atoms with Crippen LogP contribution in [0, 0.1) is 5.92 Å². The van der Waals surface area contributed by atoms with E-state index in [1.54, 1.807) is 0 Å². The van der Waals surface area contributed by atoms with Gasteiger partial charge >= 0.3 is 0 Å². The quantitative estimate of drug-likeness (QED) is 0.908. The highest BCUT2D eigenvalue weighted by molar-refractivity contribution is 5.84. The van der Waals surface area contributed by atoms with Crippen molar-refractivity contribution >= 4 is 5.91 Å². The molecule has 23 heavy (non-hydrogen) atoms. The first-order valence-corrected chi connectivity index (χ1v) is 8.65. The van der Waals surface area contributed by atoms with Crippen LogP contribution in [0.2, 0.25) is 0 Å². The molecule has 1 fully saturated rings. The summed E-state index contributed by atoms with van der Waals surface area (Å²) in [5, 5.41) is 3.07. The summed E-state index contributed by atoms with van der Waals surface area (Å²) in [4.78, 5) is 19.6. The summed E-state index contributed by atoms with van der Waals surface area (Å²) in [5.74, 6) is 0.651. The van der Waals surface area contributed by atoms with Crippen molar-refractivity contribution in [2.75, 3.05) is 26.3 Å². The van der Waals surface area contributed by atoms with Crippen molar-refractivity contribution in [3.05, 3.63) is 17.7 Å². The molecule has 0 aliphatic carbocycles. The number of carbonyl (C=O) groups is 1. The Morgan fingerprint density at radius 2 is 2.17 bits per heavy atom. The van der Waals surface area contributed by atoms with Gasteiger partial charge in [-0.3, -0.25) is 9.69 Å². The Balaban J connectivity index is 1.74. The molecule has 2 aliphatic heterocycles. The molecule has 1 aromatic heterocycles. The van der Waals surface area contributed by atoms with Gasteiger partial charge in [-0.25, -0.2) is 4.98 Å². The molecule has 1 aromatic rings. The minimum Gasteiger partial charge on any atom is -0.381 e. The largest absolute Gasteiger partial charge is 0.381 e. The lowest BCUT2D eigenvalue weighted by Crippen LogP contribution is -2.45. The highest BCUT2D eigenvalue weighted by atomic mass is 16.5. The number of rotatable bonds is 4. The number of amides is 1. The summed E-state index contributed by atoms with van der Waals surface area (Å²) in [6.07, 6.45) is 4.07. The molecule has 128 valence electrons. The molecule has 0 radical (unpaired) electrons. The van der Waals surface area contributed by atoms with Gasteiger partial charge in [0.1, 0.15) is 0 Å². The maximum atomic E-state index is 12.7. The lowest BCUT2D eigenvalue weighted by Gasteiger charge is -2.35. The Hall–Kier alpha value is -1.40. The number of nitrogens with one attached hydrogen (secondary N) is 1. The molecule has 3 rings (SSSR count). The predicted molar refractivity (Wildman–Crippen MR) is 88.0 cm³/mol. The third-order valence-corrected chi connectivity index (χ3v) is 4.81. The normalized spacial score (nSPS) is 23.0. The van der Waals surface area contributed by atoms with E-state index in [-0.39, 0.29) is 17.9 Å². The average Bonchev–Trinajstić information content (AvgIpc) is 2.88. The third-order valence-electron chi connectivity index (χ3n) is 4.81. The zero-order valence-corrected chi connectivity index (χ0v) is 14.4. The van der Waals surface area contributed by atoms with E-state index < -0.39 is 0 Å². The number of hydrogen-bond donors (Lipinski definition) is 1. The van der Waals surface area contributed by atoms with Crippen LogP contribution in [-0.2, 0) is 23.1 Å². The van der Waals surface area contributed by atoms with Crippen LogP contribution in [0.15, 0.2) is 6.33 Å². The SMILES string of the molecule is CC(C)NC(=O)C1CN(CC2CCOCC2)Cc2ncn(C)c21. The highest BCUT2D eigenvalue weighted by Crippen LogP contribution is 2.29. The summed E-state index contributed by atoms with van der Waals surface area (Å²) < 4.78 is 7.46. The van der Waals surface area contributed by atoms with Crippen LogP contribution in [0.4, 0.5) is 0 Å². The van der Waals surface area contributed by atoms with Crippen molar-refractivity contribution in [1.29, 1.82) is 0 Å². The van der Waals surface area contributed by atoms with Gasteiger partial charge in [0.2, 0.25) is 5.91 Å². The molecule has 1 saturated heterocycles. The molecule has 0 saturated carbocycles. The van der Waals surface area contributed by atoms with E-state index in [9.17, 15) is 4.79 Å². The second-order valence-electron chi connectivity index (χ2n) is 7.15. The van der Waals surface area contributed by atoms with Crippen molar-refractivity contribution in [2.24, 2.45) is 13.0 Å². The topological polar surface area (TPSA) is 59.4 Å². The summed E-state index contributed by atoms with van der Waals surface area (Å²) in [5.41, 5.74) is 2.13. The van der Waals surface area contributed by atoms with Crippen LogP contribution < -0.4 is 5.32 Å². The van der Waals surface area contributed by atoms with Gasteiger partial charge in [-0.05, 0) is 32.6 Å². The fraction of sp³-hybridized carbons (Fsp3) is 0.765. The molecule has 6 heteroatoms. The number of aryl methyl sites for hydroxylation is 1. The standard InChI is InChI=1S/C17H28N4O2/c1-12(2)19-17(22)14-9-21(8-13-4-6-23-7-5-13)10-15-16(14)20(3)11-18-15/h11-14H,4-10H2,1-3H3,(H,19,22). The van der Waals surface area contributed by atoms with Crippen molar-refractivity contribution < 1.29 is 9.53 Å². The van der Waals surface area contributed by atoms with E-state index >= 15 is 0 Å². The van der Waals surface area contributed by atoms with Crippen LogP contribution in [0.5, 0.6) is 0 Å². The molecule has 6 nitrogen and oxygen atoms in total. The van der Waals surface area contributed by atoms with E-state index in [0.29, 0.717) is 5.92 Å². The van der Waals surface area contributed by atoms with Crippen LogP contribution in [0.3, 0.4) is 0 Å². The molecule has 1 amide bonds. The van der Waals surface area contributed by atoms with Gasteiger partial charge in [0.25, 0.3) is 0 Å². The van der Waals surface area contributed by atoms with Gasteiger partial charge in [0, 0.05) is 45.9 Å². The smallest absolute Gasteiger partial charge is 0.230 e. The molecule has 0 spiro atoms. The number of hydrogen-bond acceptors (Lipinski definition) is 4. The molecule has 3 heterocycles. The summed E-state index contributed by atoms with van der Waals surface area (Å²) in [6, 6.07) is 0.157. The Bertz CT molecular complexity index is 549. The second kappa shape index (κ2) is 7.01. The van der Waals surface area contributed by atoms with Crippen molar-refractivity contribution in [3.8, 4) is 0 Å². The van der Waals surface area contributed by atoms with E-state index in [4.69, 9.17) is 4.74 Å². The minimum atomic E-state index is -0.131. The zero-order chi connectivity index (χ0) is 16.4. The Morgan fingerprint density at radius 3 is 2.87 bits per heavy atom. The maximum Gasteiger partial charge on any atom is 0.230 e. The Morgan fingerprint density at radius 1 is 1.43 bits per heavy atom. The lowest BCUT2D eigenvalue weighted by molar-refractivity contribution is -0.124. The fourth-order valence-electron chi connectivity index (χ4n) is 3.70. The molecule has 1 N–H and O–H groups in total. The zero-order valence-electron chi connectivity index (χ0n) is 14.4. The van der Waals surface area contributed by atoms with Crippen LogP contribution in [0.25, 0.3) is 0 Å². The van der Waals surface area contributed by atoms with E-state index in [0.717, 1.165) is 57.1 Å². The molecular weight excluding hydrogens is 292 g/mol. The number of fused-ring (bicyclic) bond motifs is 1. The summed E-state index contributed by atoms with van der Waals surface area (Å²) in [7, 11) is 1.98. The number of carbonyl (C=O) groups excluding carboxylic acids is 1. The average molecular weight is 320 g/mol. The number of imidazole rings is 1. The predicted octanol–water partition coefficient (Wildman–Crippen LogP) is 1.27. The number of nitrogens with zero attached hydrogens (tertiary/aromatic N) is 3. The van der Waals surface area contributed by atoms with Gasteiger partial charge in [-0.15, -0.1) is 0 Å². The maximum absolute atomic E-state index is 12.7. The first kappa shape index (κ1) is 16.5. The van der Waals surface area contributed by atoms with Crippen molar-refractivity contribution in [3.63, 3.8) is 0 Å². The fourth-order valence-corrected chi connectivity index (χ4v) is 3.70. The van der Waals surface area contributed by atoms with Gasteiger partial charge in [0.05, 0.1) is 23.6 Å². The highest BCUT2D eigenvalue weighted by Gasteiger charge is 2.34. The first-order valence-electron chi connectivity index (χ1n) is 8.65. The van der Waals surface area contributed by atoms with Crippen LogP contribution in [-0.4, -0.2) is 52.7 Å². The molecule has 0 bridgehead atoms. The molecule has 1 atom stereocenters. The van der Waals surface area contributed by atoms with Crippen molar-refractivity contribution in [1.82, 2.24) is 19.8 Å². The van der Waals surface area contributed by atoms with Crippen LogP contribution >= 0.6 is 0 Å². The van der Waals surface area contributed by atoms with E-state index in [1.807, 2.05) is 31.8 Å². The number of aromatic nitrogens is 2. The second-order valence-corrected chi connectivity index (χ2v) is 7.15. The van der Waals surface area contributed by atoms with Gasteiger partial charge in [-0.2, -0.15) is 0 Å². The monoisotopic (exact) mass is 320 g/mol. The van der Waals surface area contributed by atoms with Crippen LogP contribution in [0.1, 0.15) is 44.0 Å². The van der Waals surface area contributed by atoms with Gasteiger partial charge < -0.3 is 14.6 Å². The van der Waals surface area contributed by atoms with Crippen molar-refractivity contribution in [2.45, 2.75) is 45.2 Å². The third kappa shape index (κ3) is 3.75. The molecule has 0 aromatic carbocycles. The van der Waals surface area contributed by atoms with E-state index in [1.165, 1.54) is 0 Å². The lowest BCUT2D eigenvalue weighted by atomic mass is 9.94. The molecule has 1 unspecified atom stereocenters. The summed E-state index contributed by atoms with van der Waals surface area (Å²) >= 11 is 0. The van der Waals surface area contributed by atoms with Gasteiger partial charge in [0.15, 0.2) is 0 Å². The van der Waals surface area contributed by atoms with Gasteiger partial charge in [-0.1, -0.05) is 0 Å². The van der Waals surface area contributed by atoms with E-state index in [2.05, 4.69) is 15.2 Å².